The molecule has 2 aliphatic rings. The van der Waals surface area contributed by atoms with Gasteiger partial charge >= 0.3 is 0 Å². The minimum Gasteiger partial charge on any atom is -0.398 e. The highest BCUT2D eigenvalue weighted by atomic mass is 28.4. The molecule has 4 unspecified atom stereocenters. The van der Waals surface area contributed by atoms with Gasteiger partial charge in [0.2, 0.25) is 5.91 Å². The molecule has 2 saturated heterocycles. The van der Waals surface area contributed by atoms with Gasteiger partial charge in [-0.2, -0.15) is 0 Å². The normalized spacial score (nSPS) is 23.1. The lowest BCUT2D eigenvalue weighted by Gasteiger charge is -2.42. The molecule has 2 aliphatic heterocycles. The van der Waals surface area contributed by atoms with Gasteiger partial charge in [0.25, 0.3) is 13.4 Å². The lowest BCUT2D eigenvalue weighted by molar-refractivity contribution is -0.769. The molecule has 2 aromatic rings. The van der Waals surface area contributed by atoms with E-state index in [1.54, 1.807) is 0 Å². The molecule has 2 fully saturated rings. The largest absolute Gasteiger partial charge is 0.398 e. The van der Waals surface area contributed by atoms with Crippen LogP contribution in [0.3, 0.4) is 0 Å². The lowest BCUT2D eigenvalue weighted by atomic mass is 10.1. The average Bonchev–Trinajstić information content (AvgIpc) is 3.47. The number of hydrogen-bond donors (Lipinski definition) is 2. The number of fused-ring (bicyclic) bond motifs is 1. The third-order valence-electron chi connectivity index (χ3n) is 7.15. The van der Waals surface area contributed by atoms with Gasteiger partial charge in [0.15, 0.2) is 6.10 Å². The number of nitrogens with one attached hydrogen (secondary N) is 2. The zero-order chi connectivity index (χ0) is 27.2. The van der Waals surface area contributed by atoms with E-state index in [-0.39, 0.29) is 36.3 Å². The van der Waals surface area contributed by atoms with E-state index in [0.717, 1.165) is 10.4 Å². The second-order valence-corrected chi connectivity index (χ2v) is 15.0. The van der Waals surface area contributed by atoms with Gasteiger partial charge in [-0.05, 0) is 28.4 Å². The van der Waals surface area contributed by atoms with Crippen LogP contribution in [0.2, 0.25) is 5.04 Å². The summed E-state index contributed by atoms with van der Waals surface area (Å²) in [5.74, 6) is -0.152. The number of benzene rings is 2. The SMILES string of the molecule is CC(C)(C)[Si](OCC(=O)NCCCNC1COC2C(O[N+](=O)[O-])COC12)(c1ccccc1)c1ccccc1. The van der Waals surface area contributed by atoms with Gasteiger partial charge in [0, 0.05) is 6.54 Å². The van der Waals surface area contributed by atoms with Crippen LogP contribution in [0, 0.1) is 10.1 Å². The van der Waals surface area contributed by atoms with Gasteiger partial charge in [0.05, 0.1) is 19.3 Å². The van der Waals surface area contributed by atoms with Crippen molar-refractivity contribution in [2.24, 2.45) is 0 Å². The fourth-order valence-electron chi connectivity index (χ4n) is 5.43. The minimum atomic E-state index is -2.77. The van der Waals surface area contributed by atoms with Crippen molar-refractivity contribution in [3.8, 4) is 0 Å². The van der Waals surface area contributed by atoms with Crippen molar-refractivity contribution in [1.29, 1.82) is 0 Å². The van der Waals surface area contributed by atoms with Gasteiger partial charge in [-0.15, -0.1) is 10.1 Å². The van der Waals surface area contributed by atoms with E-state index in [9.17, 15) is 14.9 Å². The fraction of sp³-hybridized carbons (Fsp3) is 0.519. The molecule has 0 bridgehead atoms. The molecule has 11 heteroatoms. The second kappa shape index (κ2) is 12.3. The van der Waals surface area contributed by atoms with E-state index in [0.29, 0.717) is 26.1 Å². The quantitative estimate of drug-likeness (QED) is 0.178. The molecular formula is C27H37N3O7Si. The molecule has 2 N–H and O–H groups in total. The highest BCUT2D eigenvalue weighted by Gasteiger charge is 2.51. The third-order valence-corrected chi connectivity index (χ3v) is 12.1. The van der Waals surface area contributed by atoms with Crippen molar-refractivity contribution in [2.75, 3.05) is 32.9 Å². The van der Waals surface area contributed by atoms with Crippen LogP contribution in [-0.4, -0.2) is 76.6 Å². The summed E-state index contributed by atoms with van der Waals surface area (Å²) >= 11 is 0. The van der Waals surface area contributed by atoms with E-state index in [4.69, 9.17) is 13.9 Å². The molecule has 0 aliphatic carbocycles. The summed E-state index contributed by atoms with van der Waals surface area (Å²) in [6.07, 6.45) is -0.726. The van der Waals surface area contributed by atoms with E-state index < -0.39 is 25.6 Å². The van der Waals surface area contributed by atoms with Crippen LogP contribution >= 0.6 is 0 Å². The molecule has 206 valence electrons. The van der Waals surface area contributed by atoms with E-state index in [1.165, 1.54) is 0 Å². The van der Waals surface area contributed by atoms with Gasteiger partial charge in [-0.1, -0.05) is 81.4 Å². The molecule has 4 rings (SSSR count). The maximum Gasteiger partial charge on any atom is 0.294 e. The molecule has 0 saturated carbocycles. The van der Waals surface area contributed by atoms with Gasteiger partial charge in [-0.25, -0.2) is 0 Å². The number of carbonyl (C=O) groups excluding carboxylic acids is 1. The highest BCUT2D eigenvalue weighted by molar-refractivity contribution is 6.99. The molecule has 10 nitrogen and oxygen atoms in total. The Labute approximate surface area is 224 Å². The molecular weight excluding hydrogens is 506 g/mol. The van der Waals surface area contributed by atoms with E-state index in [1.807, 2.05) is 36.4 Å². The van der Waals surface area contributed by atoms with Crippen molar-refractivity contribution in [2.45, 2.75) is 56.6 Å². The Morgan fingerprint density at radius 3 is 2.18 bits per heavy atom. The molecule has 0 radical (unpaired) electrons. The van der Waals surface area contributed by atoms with Crippen molar-refractivity contribution < 1.29 is 28.6 Å². The number of hydrogen-bond acceptors (Lipinski definition) is 8. The Bertz CT molecular complexity index is 1030. The van der Waals surface area contributed by atoms with Crippen LogP contribution in [0.1, 0.15) is 27.2 Å². The van der Waals surface area contributed by atoms with Gasteiger partial charge in [-0.3, -0.25) is 4.79 Å². The first-order chi connectivity index (χ1) is 18.2. The molecule has 38 heavy (non-hydrogen) atoms. The zero-order valence-electron chi connectivity index (χ0n) is 22.1. The summed E-state index contributed by atoms with van der Waals surface area (Å²) in [7, 11) is -2.77. The number of ether oxygens (including phenoxy) is 2. The first-order valence-corrected chi connectivity index (χ1v) is 14.9. The summed E-state index contributed by atoms with van der Waals surface area (Å²) in [4.78, 5) is 28.1. The Morgan fingerprint density at radius 1 is 1.00 bits per heavy atom. The van der Waals surface area contributed by atoms with Crippen LogP contribution in [0.5, 0.6) is 0 Å². The van der Waals surface area contributed by atoms with Gasteiger partial charge < -0.3 is 29.4 Å². The predicted molar refractivity (Wildman–Crippen MR) is 144 cm³/mol. The van der Waals surface area contributed by atoms with Crippen LogP contribution in [-0.2, 0) is 23.5 Å². The Morgan fingerprint density at radius 2 is 1.61 bits per heavy atom. The van der Waals surface area contributed by atoms with Crippen LogP contribution in [0.15, 0.2) is 60.7 Å². The van der Waals surface area contributed by atoms with Crippen LogP contribution in [0.25, 0.3) is 0 Å². The van der Waals surface area contributed by atoms with Crippen LogP contribution < -0.4 is 21.0 Å². The molecule has 2 aromatic carbocycles. The number of carbonyl (C=O) groups is 1. The zero-order valence-corrected chi connectivity index (χ0v) is 23.1. The number of nitrogens with zero attached hydrogens (tertiary/aromatic N) is 1. The molecule has 0 spiro atoms. The fourth-order valence-corrected chi connectivity index (χ4v) is 9.93. The number of rotatable bonds is 12. The lowest BCUT2D eigenvalue weighted by Crippen LogP contribution is -2.67. The smallest absolute Gasteiger partial charge is 0.294 e. The van der Waals surface area contributed by atoms with Crippen molar-refractivity contribution in [3.63, 3.8) is 0 Å². The molecule has 1 amide bonds. The van der Waals surface area contributed by atoms with Crippen molar-refractivity contribution in [1.82, 2.24) is 10.6 Å². The second-order valence-electron chi connectivity index (χ2n) is 10.7. The topological polar surface area (TPSA) is 121 Å². The Kier molecular flexibility index (Phi) is 9.16. The summed E-state index contributed by atoms with van der Waals surface area (Å²) in [5, 5.41) is 18.2. The Hall–Kier alpha value is -2.83. The minimum absolute atomic E-state index is 0.0212. The highest BCUT2D eigenvalue weighted by Crippen LogP contribution is 2.36. The van der Waals surface area contributed by atoms with E-state index >= 15 is 0 Å². The molecule has 0 aromatic heterocycles. The van der Waals surface area contributed by atoms with Crippen LogP contribution in [0.4, 0.5) is 0 Å². The standard InChI is InChI=1S/C27H37N3O7Si/c1-27(2,3)38(20-11-6-4-7-12-20,21-13-8-5-9-14-21)36-19-24(31)29-16-10-15-28-22-17-34-26-23(37-30(32)33)18-35-25(22)26/h4-9,11-14,22-23,25-26,28H,10,15-19H2,1-3H3,(H,29,31). The molecule has 2 heterocycles. The first-order valence-electron chi connectivity index (χ1n) is 13.0. The summed E-state index contributed by atoms with van der Waals surface area (Å²) < 4.78 is 18.0. The van der Waals surface area contributed by atoms with Crippen molar-refractivity contribution >= 4 is 24.6 Å². The summed E-state index contributed by atoms with van der Waals surface area (Å²) in [5.41, 5.74) is 0. The maximum atomic E-state index is 12.8. The maximum absolute atomic E-state index is 12.8. The Balaban J connectivity index is 1.27. The first kappa shape index (κ1) is 28.2. The number of amides is 1. The average molecular weight is 544 g/mol. The molecule has 4 atom stereocenters. The van der Waals surface area contributed by atoms with Gasteiger partial charge in [0.1, 0.15) is 18.8 Å². The summed E-state index contributed by atoms with van der Waals surface area (Å²) in [6.45, 7) is 8.18. The monoisotopic (exact) mass is 543 g/mol. The predicted octanol–water partition coefficient (Wildman–Crippen LogP) is 1.40. The van der Waals surface area contributed by atoms with E-state index in [2.05, 4.69) is 60.5 Å². The third kappa shape index (κ3) is 6.24. The summed E-state index contributed by atoms with van der Waals surface area (Å²) in [6, 6.07) is 20.4. The van der Waals surface area contributed by atoms with Crippen molar-refractivity contribution in [3.05, 3.63) is 70.8 Å².